The van der Waals surface area contributed by atoms with E-state index >= 15 is 0 Å². The van der Waals surface area contributed by atoms with Crippen LogP contribution in [-0.2, 0) is 14.8 Å². The van der Waals surface area contributed by atoms with E-state index in [0.29, 0.717) is 24.6 Å². The van der Waals surface area contributed by atoms with Crippen molar-refractivity contribution >= 4 is 37.9 Å². The first kappa shape index (κ1) is 13.3. The Morgan fingerprint density at radius 1 is 1.63 bits per heavy atom. The summed E-state index contributed by atoms with van der Waals surface area (Å²) in [6, 6.07) is -0.148. The molecule has 1 atom stereocenters. The summed E-state index contributed by atoms with van der Waals surface area (Å²) in [7, 11) is -2.13. The number of hydrogen-bond donors (Lipinski definition) is 0. The molecule has 1 aliphatic rings. The molecule has 19 heavy (non-hydrogen) atoms. The first-order chi connectivity index (χ1) is 9.01. The lowest BCUT2D eigenvalue weighted by atomic mass is 10.3. The van der Waals surface area contributed by atoms with Gasteiger partial charge in [-0.05, 0) is 6.42 Å². The summed E-state index contributed by atoms with van der Waals surface area (Å²) in [5, 5.41) is 1.81. The Morgan fingerprint density at radius 2 is 2.42 bits per heavy atom. The van der Waals surface area contributed by atoms with Crippen LogP contribution >= 0.6 is 22.9 Å². The van der Waals surface area contributed by atoms with E-state index < -0.39 is 10.0 Å². The molecule has 0 radical (unpaired) electrons. The summed E-state index contributed by atoms with van der Waals surface area (Å²) in [6.07, 6.45) is 2.35. The topological polar surface area (TPSA) is 63.9 Å². The first-order valence-corrected chi connectivity index (χ1v) is 8.38. The van der Waals surface area contributed by atoms with Gasteiger partial charge in [0.15, 0.2) is 15.1 Å². The average molecular weight is 322 g/mol. The maximum Gasteiger partial charge on any atom is 0.262 e. The minimum absolute atomic E-state index is 0.0117. The highest BCUT2D eigenvalue weighted by atomic mass is 35.5. The zero-order chi connectivity index (χ0) is 13.6. The molecule has 104 valence electrons. The number of hydrogen-bond acceptors (Lipinski definition) is 5. The Kier molecular flexibility index (Phi) is 3.30. The van der Waals surface area contributed by atoms with Gasteiger partial charge in [0.25, 0.3) is 10.0 Å². The monoisotopic (exact) mass is 321 g/mol. The number of nitrogens with zero attached hydrogens (tertiary/aromatic N) is 3. The van der Waals surface area contributed by atoms with Crippen LogP contribution < -0.4 is 0 Å². The van der Waals surface area contributed by atoms with E-state index in [0.717, 1.165) is 0 Å². The molecule has 0 bridgehead atoms. The van der Waals surface area contributed by atoms with Crippen molar-refractivity contribution in [1.82, 2.24) is 13.7 Å². The number of likely N-dealkylation sites (N-methyl/N-ethyl adjacent to an activating group) is 1. The predicted octanol–water partition coefficient (Wildman–Crippen LogP) is 1.46. The van der Waals surface area contributed by atoms with Crippen LogP contribution in [0.25, 0.3) is 4.96 Å². The summed E-state index contributed by atoms with van der Waals surface area (Å²) in [5.41, 5.74) is 0. The third kappa shape index (κ3) is 2.07. The van der Waals surface area contributed by atoms with Gasteiger partial charge in [0.1, 0.15) is 0 Å². The molecule has 0 aliphatic carbocycles. The number of aromatic nitrogens is 2. The number of sulfonamides is 1. The van der Waals surface area contributed by atoms with Crippen molar-refractivity contribution in [2.75, 3.05) is 20.3 Å². The molecule has 0 saturated carbocycles. The fraction of sp³-hybridized carbons (Fsp3) is 0.500. The van der Waals surface area contributed by atoms with Gasteiger partial charge >= 0.3 is 0 Å². The van der Waals surface area contributed by atoms with Crippen molar-refractivity contribution in [3.63, 3.8) is 0 Å². The summed E-state index contributed by atoms with van der Waals surface area (Å²) >= 11 is 7.32. The van der Waals surface area contributed by atoms with Crippen molar-refractivity contribution < 1.29 is 13.2 Å². The Balaban J connectivity index is 2.08. The van der Waals surface area contributed by atoms with E-state index in [1.165, 1.54) is 20.0 Å². The van der Waals surface area contributed by atoms with E-state index in [9.17, 15) is 8.42 Å². The van der Waals surface area contributed by atoms with Gasteiger partial charge in [-0.2, -0.15) is 4.31 Å². The molecule has 1 unspecified atom stereocenters. The number of rotatable bonds is 3. The van der Waals surface area contributed by atoms with Gasteiger partial charge in [0.05, 0.1) is 12.6 Å². The highest BCUT2D eigenvalue weighted by molar-refractivity contribution is 7.89. The fourth-order valence-electron chi connectivity index (χ4n) is 2.11. The Hall–Kier alpha value is -0.670. The zero-order valence-corrected chi connectivity index (χ0v) is 12.5. The quantitative estimate of drug-likeness (QED) is 0.858. The average Bonchev–Trinajstić information content (AvgIpc) is 3.01. The van der Waals surface area contributed by atoms with Crippen LogP contribution in [0.3, 0.4) is 0 Å². The van der Waals surface area contributed by atoms with Gasteiger partial charge in [0.2, 0.25) is 0 Å². The van der Waals surface area contributed by atoms with Gasteiger partial charge < -0.3 is 4.74 Å². The molecule has 6 nitrogen and oxygen atoms in total. The second-order valence-corrected chi connectivity index (χ2v) is 7.45. The standard InChI is InChI=1S/C10H12ClN3O3S2/c1-13(7-2-4-17-6-7)19(15,16)9-8(11)12-10-14(9)3-5-18-10/h3,5,7H,2,4,6H2,1H3. The Bertz CT molecular complexity index is 703. The predicted molar refractivity (Wildman–Crippen MR) is 72.3 cm³/mol. The number of halogens is 1. The van der Waals surface area contributed by atoms with Crippen LogP contribution in [0.1, 0.15) is 6.42 Å². The van der Waals surface area contributed by atoms with Crippen LogP contribution in [0.4, 0.5) is 0 Å². The smallest absolute Gasteiger partial charge is 0.262 e. The third-order valence-electron chi connectivity index (χ3n) is 3.22. The normalized spacial score (nSPS) is 20.7. The van der Waals surface area contributed by atoms with Crippen molar-refractivity contribution in [1.29, 1.82) is 0 Å². The highest BCUT2D eigenvalue weighted by Crippen LogP contribution is 2.29. The number of imidazole rings is 1. The molecule has 0 aromatic carbocycles. The van der Waals surface area contributed by atoms with Crippen molar-refractivity contribution in [3.8, 4) is 0 Å². The van der Waals surface area contributed by atoms with E-state index in [2.05, 4.69) is 4.98 Å². The van der Waals surface area contributed by atoms with Crippen molar-refractivity contribution in [3.05, 3.63) is 16.7 Å². The Labute approximate surface area is 119 Å². The lowest BCUT2D eigenvalue weighted by Gasteiger charge is -2.22. The molecule has 1 saturated heterocycles. The van der Waals surface area contributed by atoms with Crippen molar-refractivity contribution in [2.45, 2.75) is 17.5 Å². The molecular weight excluding hydrogens is 310 g/mol. The number of thiazole rings is 1. The minimum atomic E-state index is -3.68. The molecule has 0 amide bonds. The van der Waals surface area contributed by atoms with Crippen LogP contribution in [0, 0.1) is 0 Å². The molecule has 1 aliphatic heterocycles. The maximum atomic E-state index is 12.6. The van der Waals surface area contributed by atoms with E-state index in [1.54, 1.807) is 18.6 Å². The van der Waals surface area contributed by atoms with E-state index in [1.807, 2.05) is 0 Å². The SMILES string of the molecule is CN(C1CCOC1)S(=O)(=O)c1c(Cl)nc2sccn12. The highest BCUT2D eigenvalue weighted by Gasteiger charge is 2.35. The summed E-state index contributed by atoms with van der Waals surface area (Å²) in [5.74, 6) is 0. The van der Waals surface area contributed by atoms with Gasteiger partial charge in [-0.1, -0.05) is 11.6 Å². The van der Waals surface area contributed by atoms with E-state index in [4.69, 9.17) is 16.3 Å². The van der Waals surface area contributed by atoms with Crippen molar-refractivity contribution in [2.24, 2.45) is 0 Å². The molecule has 1 fully saturated rings. The second kappa shape index (κ2) is 4.71. The molecule has 9 heteroatoms. The van der Waals surface area contributed by atoms with E-state index in [-0.39, 0.29) is 16.2 Å². The zero-order valence-electron chi connectivity index (χ0n) is 10.1. The maximum absolute atomic E-state index is 12.6. The summed E-state index contributed by atoms with van der Waals surface area (Å²) in [4.78, 5) is 4.63. The van der Waals surface area contributed by atoms with Crippen LogP contribution in [0.15, 0.2) is 16.6 Å². The summed E-state index contributed by atoms with van der Waals surface area (Å²) in [6.45, 7) is 0.997. The summed E-state index contributed by atoms with van der Waals surface area (Å²) < 4.78 is 33.4. The first-order valence-electron chi connectivity index (χ1n) is 5.68. The largest absolute Gasteiger partial charge is 0.380 e. The van der Waals surface area contributed by atoms with Gasteiger partial charge in [-0.15, -0.1) is 11.3 Å². The lowest BCUT2D eigenvalue weighted by Crippen LogP contribution is -2.37. The lowest BCUT2D eigenvalue weighted by molar-refractivity contribution is 0.180. The molecular formula is C10H12ClN3O3S2. The Morgan fingerprint density at radius 3 is 3.11 bits per heavy atom. The van der Waals surface area contributed by atoms with Gasteiger partial charge in [-0.3, -0.25) is 4.40 Å². The van der Waals surface area contributed by atoms with Crippen LogP contribution in [0.2, 0.25) is 5.15 Å². The van der Waals surface area contributed by atoms with Crippen LogP contribution in [-0.4, -0.2) is 48.4 Å². The second-order valence-electron chi connectivity index (χ2n) is 4.30. The fourth-order valence-corrected chi connectivity index (χ4v) is 4.88. The van der Waals surface area contributed by atoms with Crippen LogP contribution in [0.5, 0.6) is 0 Å². The molecule has 0 N–H and O–H groups in total. The third-order valence-corrected chi connectivity index (χ3v) is 6.29. The molecule has 2 aromatic heterocycles. The van der Waals surface area contributed by atoms with Gasteiger partial charge in [-0.25, -0.2) is 13.4 Å². The molecule has 2 aromatic rings. The molecule has 0 spiro atoms. The molecule has 3 rings (SSSR count). The molecule has 3 heterocycles. The minimum Gasteiger partial charge on any atom is -0.380 e. The number of ether oxygens (including phenoxy) is 1. The number of fused-ring (bicyclic) bond motifs is 1. The van der Waals surface area contributed by atoms with Gasteiger partial charge in [0, 0.05) is 25.2 Å².